The third kappa shape index (κ3) is 2.33. The molecular formula is C12H18N2OS. The minimum Gasteiger partial charge on any atom is -0.306 e. The van der Waals surface area contributed by atoms with Crippen molar-refractivity contribution in [3.8, 4) is 0 Å². The Labute approximate surface area is 100 Å². The maximum absolute atomic E-state index is 11.4. The van der Waals surface area contributed by atoms with E-state index in [0.29, 0.717) is 5.92 Å². The molecule has 2 heterocycles. The first-order valence-corrected chi connectivity index (χ1v) is 6.56. The van der Waals surface area contributed by atoms with Crippen molar-refractivity contribution in [2.24, 2.45) is 0 Å². The van der Waals surface area contributed by atoms with Crippen molar-refractivity contribution in [2.45, 2.75) is 32.6 Å². The van der Waals surface area contributed by atoms with E-state index >= 15 is 0 Å². The molecule has 0 radical (unpaired) electrons. The molecule has 88 valence electrons. The predicted octanol–water partition coefficient (Wildman–Crippen LogP) is 2.46. The fourth-order valence-electron chi connectivity index (χ4n) is 2.17. The van der Waals surface area contributed by atoms with Gasteiger partial charge in [0, 0.05) is 12.8 Å². The van der Waals surface area contributed by atoms with Gasteiger partial charge in [0.1, 0.15) is 0 Å². The van der Waals surface area contributed by atoms with Crippen LogP contribution in [0.3, 0.4) is 0 Å². The van der Waals surface area contributed by atoms with Gasteiger partial charge in [0.15, 0.2) is 5.78 Å². The van der Waals surface area contributed by atoms with Gasteiger partial charge in [-0.3, -0.25) is 4.79 Å². The Morgan fingerprint density at radius 3 is 2.56 bits per heavy atom. The molecule has 16 heavy (non-hydrogen) atoms. The fraction of sp³-hybridized carbons (Fsp3) is 0.667. The first-order valence-electron chi connectivity index (χ1n) is 5.74. The van der Waals surface area contributed by atoms with Crippen molar-refractivity contribution in [1.82, 2.24) is 9.88 Å². The second-order valence-electron chi connectivity index (χ2n) is 4.60. The molecule has 1 aromatic rings. The number of ketones is 1. The first kappa shape index (κ1) is 11.7. The van der Waals surface area contributed by atoms with Gasteiger partial charge in [0.25, 0.3) is 0 Å². The van der Waals surface area contributed by atoms with E-state index in [1.807, 2.05) is 6.92 Å². The Hall–Kier alpha value is -0.740. The number of aromatic nitrogens is 1. The average Bonchev–Trinajstić information content (AvgIpc) is 2.61. The first-order chi connectivity index (χ1) is 7.58. The molecule has 1 saturated heterocycles. The molecule has 0 saturated carbocycles. The van der Waals surface area contributed by atoms with Crippen molar-refractivity contribution < 1.29 is 4.79 Å². The molecule has 1 aliphatic rings. The van der Waals surface area contributed by atoms with Gasteiger partial charge < -0.3 is 4.90 Å². The molecule has 1 aromatic heterocycles. The minimum atomic E-state index is 0.147. The Kier molecular flexibility index (Phi) is 3.40. The van der Waals surface area contributed by atoms with Gasteiger partial charge in [-0.05, 0) is 39.9 Å². The molecule has 4 heteroatoms. The zero-order valence-electron chi connectivity index (χ0n) is 10.1. The van der Waals surface area contributed by atoms with Crippen molar-refractivity contribution in [1.29, 1.82) is 0 Å². The van der Waals surface area contributed by atoms with E-state index in [1.54, 1.807) is 18.3 Å². The average molecular weight is 238 g/mol. The third-order valence-corrected chi connectivity index (χ3v) is 4.62. The lowest BCUT2D eigenvalue weighted by Crippen LogP contribution is -2.29. The highest BCUT2D eigenvalue weighted by atomic mass is 32.1. The van der Waals surface area contributed by atoms with Crippen LogP contribution in [0.15, 0.2) is 0 Å². The number of Topliss-reactive ketones (excluding diaryl/α,β-unsaturated/α-hetero) is 1. The predicted molar refractivity (Wildman–Crippen MR) is 66.3 cm³/mol. The highest BCUT2D eigenvalue weighted by Gasteiger charge is 2.23. The van der Waals surface area contributed by atoms with E-state index in [9.17, 15) is 4.79 Å². The standard InChI is InChI=1S/C12H18N2OS/c1-8-11(9(2)15)16-12(13-8)10-4-6-14(3)7-5-10/h10H,4-7H2,1-3H3. The van der Waals surface area contributed by atoms with Gasteiger partial charge in [-0.1, -0.05) is 0 Å². The number of carbonyl (C=O) groups excluding carboxylic acids is 1. The van der Waals surface area contributed by atoms with Crippen LogP contribution in [0.25, 0.3) is 0 Å². The lowest BCUT2D eigenvalue weighted by atomic mass is 9.98. The smallest absolute Gasteiger partial charge is 0.171 e. The maximum Gasteiger partial charge on any atom is 0.171 e. The molecule has 0 N–H and O–H groups in total. The summed E-state index contributed by atoms with van der Waals surface area (Å²) in [5.41, 5.74) is 0.909. The quantitative estimate of drug-likeness (QED) is 0.742. The van der Waals surface area contributed by atoms with Gasteiger partial charge in [-0.15, -0.1) is 11.3 Å². The molecule has 0 bridgehead atoms. The van der Waals surface area contributed by atoms with E-state index in [2.05, 4.69) is 16.9 Å². The Balaban J connectivity index is 2.15. The Morgan fingerprint density at radius 1 is 1.44 bits per heavy atom. The van der Waals surface area contributed by atoms with Crippen LogP contribution in [0.4, 0.5) is 0 Å². The summed E-state index contributed by atoms with van der Waals surface area (Å²) in [4.78, 5) is 19.1. The molecule has 0 aromatic carbocycles. The zero-order chi connectivity index (χ0) is 11.7. The number of carbonyl (C=O) groups is 1. The molecule has 0 amide bonds. The number of hydrogen-bond donors (Lipinski definition) is 0. The number of rotatable bonds is 2. The Bertz CT molecular complexity index is 392. The second-order valence-corrected chi connectivity index (χ2v) is 5.63. The number of hydrogen-bond acceptors (Lipinski definition) is 4. The maximum atomic E-state index is 11.4. The SMILES string of the molecule is CC(=O)c1sc(C2CCN(C)CC2)nc1C. The van der Waals surface area contributed by atoms with Crippen LogP contribution in [-0.4, -0.2) is 35.8 Å². The molecular weight excluding hydrogens is 220 g/mol. The van der Waals surface area contributed by atoms with E-state index in [1.165, 1.54) is 12.8 Å². The van der Waals surface area contributed by atoms with Gasteiger partial charge in [0.05, 0.1) is 15.6 Å². The number of likely N-dealkylation sites (tertiary alicyclic amines) is 1. The molecule has 0 spiro atoms. The van der Waals surface area contributed by atoms with Crippen molar-refractivity contribution in [3.05, 3.63) is 15.6 Å². The van der Waals surface area contributed by atoms with E-state index in [0.717, 1.165) is 28.7 Å². The van der Waals surface area contributed by atoms with E-state index < -0.39 is 0 Å². The van der Waals surface area contributed by atoms with Crippen LogP contribution in [0.2, 0.25) is 0 Å². The van der Waals surface area contributed by atoms with Crippen LogP contribution < -0.4 is 0 Å². The summed E-state index contributed by atoms with van der Waals surface area (Å²) in [6.45, 7) is 5.84. The monoisotopic (exact) mass is 238 g/mol. The van der Waals surface area contributed by atoms with Crippen LogP contribution in [0, 0.1) is 6.92 Å². The van der Waals surface area contributed by atoms with Gasteiger partial charge in [-0.2, -0.15) is 0 Å². The highest BCUT2D eigenvalue weighted by Crippen LogP contribution is 2.32. The highest BCUT2D eigenvalue weighted by molar-refractivity contribution is 7.13. The number of piperidine rings is 1. The molecule has 3 nitrogen and oxygen atoms in total. The molecule has 0 atom stereocenters. The minimum absolute atomic E-state index is 0.147. The summed E-state index contributed by atoms with van der Waals surface area (Å²) in [5.74, 6) is 0.710. The van der Waals surface area contributed by atoms with Gasteiger partial charge >= 0.3 is 0 Å². The third-order valence-electron chi connectivity index (χ3n) is 3.20. The Morgan fingerprint density at radius 2 is 2.06 bits per heavy atom. The summed E-state index contributed by atoms with van der Waals surface area (Å²) in [6.07, 6.45) is 2.33. The summed E-state index contributed by atoms with van der Waals surface area (Å²) in [5, 5.41) is 1.16. The molecule has 2 rings (SSSR count). The fourth-order valence-corrected chi connectivity index (χ4v) is 3.31. The lowest BCUT2D eigenvalue weighted by Gasteiger charge is -2.27. The van der Waals surface area contributed by atoms with Crippen molar-refractivity contribution in [2.75, 3.05) is 20.1 Å². The summed E-state index contributed by atoms with van der Waals surface area (Å²) >= 11 is 1.60. The van der Waals surface area contributed by atoms with Crippen molar-refractivity contribution in [3.63, 3.8) is 0 Å². The molecule has 0 aliphatic carbocycles. The second kappa shape index (κ2) is 4.63. The van der Waals surface area contributed by atoms with Crippen LogP contribution in [0.5, 0.6) is 0 Å². The van der Waals surface area contributed by atoms with Crippen LogP contribution in [-0.2, 0) is 0 Å². The van der Waals surface area contributed by atoms with Gasteiger partial charge in [-0.25, -0.2) is 4.98 Å². The zero-order valence-corrected chi connectivity index (χ0v) is 10.9. The topological polar surface area (TPSA) is 33.2 Å². The lowest BCUT2D eigenvalue weighted by molar-refractivity contribution is 0.102. The molecule has 1 aliphatic heterocycles. The molecule has 0 unspecified atom stereocenters. The van der Waals surface area contributed by atoms with E-state index in [4.69, 9.17) is 0 Å². The number of aryl methyl sites for hydroxylation is 1. The summed E-state index contributed by atoms with van der Waals surface area (Å²) < 4.78 is 0. The number of thiazole rings is 1. The summed E-state index contributed by atoms with van der Waals surface area (Å²) in [7, 11) is 2.16. The van der Waals surface area contributed by atoms with E-state index in [-0.39, 0.29) is 5.78 Å². The summed E-state index contributed by atoms with van der Waals surface area (Å²) in [6, 6.07) is 0. The molecule has 1 fully saturated rings. The van der Waals surface area contributed by atoms with Crippen LogP contribution in [0.1, 0.15) is 46.1 Å². The normalized spacial score (nSPS) is 18.9. The van der Waals surface area contributed by atoms with Crippen LogP contribution >= 0.6 is 11.3 Å². The largest absolute Gasteiger partial charge is 0.306 e. The van der Waals surface area contributed by atoms with Gasteiger partial charge in [0.2, 0.25) is 0 Å². The number of nitrogens with zero attached hydrogens (tertiary/aromatic N) is 2. The van der Waals surface area contributed by atoms with Crippen molar-refractivity contribution >= 4 is 17.1 Å².